The number of halogens is 2. The Hall–Kier alpha value is -2.69. The summed E-state index contributed by atoms with van der Waals surface area (Å²) in [5.41, 5.74) is -1.12. The van der Waals surface area contributed by atoms with Gasteiger partial charge >= 0.3 is 12.6 Å². The Kier molecular flexibility index (Phi) is 6.65. The number of carbonyl (C=O) groups excluding carboxylic acids is 2. The second kappa shape index (κ2) is 8.24. The van der Waals surface area contributed by atoms with Crippen LogP contribution in [0.2, 0.25) is 0 Å². The summed E-state index contributed by atoms with van der Waals surface area (Å²) in [4.78, 5) is 23.7. The Morgan fingerprint density at radius 3 is 2.58 bits per heavy atom. The van der Waals surface area contributed by atoms with Crippen LogP contribution in [0.5, 0.6) is 5.75 Å². The van der Waals surface area contributed by atoms with Crippen molar-refractivity contribution in [1.29, 1.82) is 5.26 Å². The van der Waals surface area contributed by atoms with E-state index in [4.69, 9.17) is 10.00 Å². The van der Waals surface area contributed by atoms with Gasteiger partial charge in [0.15, 0.2) is 6.61 Å². The monoisotopic (exact) mass is 340 g/mol. The molecule has 0 saturated carbocycles. The number of alkyl halides is 2. The largest absolute Gasteiger partial charge is 0.452 e. The van der Waals surface area contributed by atoms with Gasteiger partial charge in [-0.25, -0.2) is 4.79 Å². The predicted molar refractivity (Wildman–Crippen MR) is 80.4 cm³/mol. The van der Waals surface area contributed by atoms with Gasteiger partial charge in [-0.1, -0.05) is 19.9 Å². The number of nitrogens with one attached hydrogen (secondary N) is 1. The molecule has 1 aromatic rings. The third-order valence-electron chi connectivity index (χ3n) is 3.42. The van der Waals surface area contributed by atoms with Crippen molar-refractivity contribution < 1.29 is 27.8 Å². The summed E-state index contributed by atoms with van der Waals surface area (Å²) in [5, 5.41) is 11.6. The SMILES string of the molecule is CC(C)[C@@](C)(C#N)NC(=O)COC(=O)c1cccc(OC(F)F)c1. The summed E-state index contributed by atoms with van der Waals surface area (Å²) in [6.45, 7) is 1.49. The van der Waals surface area contributed by atoms with Gasteiger partial charge in [0, 0.05) is 0 Å². The lowest BCUT2D eigenvalue weighted by atomic mass is 9.90. The molecule has 0 fully saturated rings. The van der Waals surface area contributed by atoms with Crippen LogP contribution >= 0.6 is 0 Å². The van der Waals surface area contributed by atoms with Crippen molar-refractivity contribution in [3.8, 4) is 11.8 Å². The number of amides is 1. The van der Waals surface area contributed by atoms with Gasteiger partial charge in [-0.3, -0.25) is 4.79 Å². The molecule has 1 rings (SSSR count). The molecule has 24 heavy (non-hydrogen) atoms. The topological polar surface area (TPSA) is 88.4 Å². The first kappa shape index (κ1) is 19.4. The zero-order valence-electron chi connectivity index (χ0n) is 13.5. The van der Waals surface area contributed by atoms with E-state index >= 15 is 0 Å². The summed E-state index contributed by atoms with van der Waals surface area (Å²) >= 11 is 0. The fraction of sp³-hybridized carbons (Fsp3) is 0.438. The highest BCUT2D eigenvalue weighted by Gasteiger charge is 2.30. The van der Waals surface area contributed by atoms with Crippen LogP contribution in [-0.2, 0) is 9.53 Å². The predicted octanol–water partition coefficient (Wildman–Crippen LogP) is 2.50. The van der Waals surface area contributed by atoms with Gasteiger partial charge < -0.3 is 14.8 Å². The molecule has 1 aromatic carbocycles. The van der Waals surface area contributed by atoms with E-state index in [1.807, 2.05) is 6.07 Å². The van der Waals surface area contributed by atoms with Crippen LogP contribution in [0.4, 0.5) is 8.78 Å². The van der Waals surface area contributed by atoms with Gasteiger partial charge in [-0.2, -0.15) is 14.0 Å². The van der Waals surface area contributed by atoms with Crippen LogP contribution in [0.15, 0.2) is 24.3 Å². The number of esters is 1. The van der Waals surface area contributed by atoms with Crippen molar-refractivity contribution in [3.05, 3.63) is 29.8 Å². The van der Waals surface area contributed by atoms with Crippen molar-refractivity contribution in [2.24, 2.45) is 5.92 Å². The molecule has 0 heterocycles. The Balaban J connectivity index is 2.63. The standard InChI is InChI=1S/C16H18F2N2O4/c1-10(2)16(3,9-19)20-13(21)8-23-14(22)11-5-4-6-12(7-11)24-15(17)18/h4-7,10,15H,8H2,1-3H3,(H,20,21)/t16-/m1/s1. The molecule has 0 bridgehead atoms. The number of ether oxygens (including phenoxy) is 2. The lowest BCUT2D eigenvalue weighted by Crippen LogP contribution is -2.50. The molecule has 0 aliphatic heterocycles. The van der Waals surface area contributed by atoms with E-state index in [1.165, 1.54) is 18.2 Å². The van der Waals surface area contributed by atoms with Gasteiger partial charge in [0.1, 0.15) is 11.3 Å². The molecule has 0 aromatic heterocycles. The third-order valence-corrected chi connectivity index (χ3v) is 3.42. The zero-order chi connectivity index (χ0) is 18.3. The summed E-state index contributed by atoms with van der Waals surface area (Å²) in [6, 6.07) is 7.02. The maximum atomic E-state index is 12.1. The van der Waals surface area contributed by atoms with E-state index in [9.17, 15) is 18.4 Å². The normalized spacial score (nSPS) is 13.1. The molecule has 1 N–H and O–H groups in total. The molecule has 1 atom stereocenters. The number of benzene rings is 1. The molecule has 0 aliphatic carbocycles. The highest BCUT2D eigenvalue weighted by atomic mass is 19.3. The van der Waals surface area contributed by atoms with Crippen molar-refractivity contribution in [3.63, 3.8) is 0 Å². The minimum absolute atomic E-state index is 0.0344. The summed E-state index contributed by atoms with van der Waals surface area (Å²) < 4.78 is 33.3. The molecule has 6 nitrogen and oxygen atoms in total. The lowest BCUT2D eigenvalue weighted by Gasteiger charge is -2.27. The summed E-state index contributed by atoms with van der Waals surface area (Å²) in [5.74, 6) is -1.85. The van der Waals surface area contributed by atoms with Crippen LogP contribution in [0, 0.1) is 17.2 Å². The molecule has 0 spiro atoms. The maximum absolute atomic E-state index is 12.1. The third kappa shape index (κ3) is 5.50. The number of rotatable bonds is 7. The van der Waals surface area contributed by atoms with Gasteiger partial charge in [-0.15, -0.1) is 0 Å². The zero-order valence-corrected chi connectivity index (χ0v) is 13.5. The first-order valence-electron chi connectivity index (χ1n) is 7.12. The molecule has 0 radical (unpaired) electrons. The summed E-state index contributed by atoms with van der Waals surface area (Å²) in [7, 11) is 0. The highest BCUT2D eigenvalue weighted by molar-refractivity contribution is 5.91. The number of carbonyl (C=O) groups is 2. The van der Waals surface area contributed by atoms with E-state index < -0.39 is 30.6 Å². The second-order valence-corrected chi connectivity index (χ2v) is 5.50. The van der Waals surface area contributed by atoms with E-state index in [1.54, 1.807) is 20.8 Å². The van der Waals surface area contributed by atoms with Crippen LogP contribution in [0.1, 0.15) is 31.1 Å². The first-order chi connectivity index (χ1) is 11.2. The number of hydrogen-bond donors (Lipinski definition) is 1. The first-order valence-corrected chi connectivity index (χ1v) is 7.12. The number of nitrogens with zero attached hydrogens (tertiary/aromatic N) is 1. The van der Waals surface area contributed by atoms with Crippen molar-refractivity contribution in [1.82, 2.24) is 5.32 Å². The van der Waals surface area contributed by atoms with Crippen molar-refractivity contribution in [2.45, 2.75) is 32.9 Å². The van der Waals surface area contributed by atoms with Gasteiger partial charge in [-0.05, 0) is 31.0 Å². The molecule has 8 heteroatoms. The smallest absolute Gasteiger partial charge is 0.387 e. The molecule has 0 unspecified atom stereocenters. The van der Waals surface area contributed by atoms with Gasteiger partial charge in [0.25, 0.3) is 5.91 Å². The molecule has 1 amide bonds. The van der Waals surface area contributed by atoms with Crippen molar-refractivity contribution in [2.75, 3.05) is 6.61 Å². The summed E-state index contributed by atoms with van der Waals surface area (Å²) in [6.07, 6.45) is 0. The fourth-order valence-corrected chi connectivity index (χ4v) is 1.64. The molecular weight excluding hydrogens is 322 g/mol. The second-order valence-electron chi connectivity index (χ2n) is 5.50. The Morgan fingerprint density at radius 1 is 1.38 bits per heavy atom. The Labute approximate surface area is 138 Å². The molecule has 0 aliphatic rings. The van der Waals surface area contributed by atoms with Crippen molar-refractivity contribution >= 4 is 11.9 Å². The average molecular weight is 340 g/mol. The van der Waals surface area contributed by atoms with Crippen LogP contribution in [-0.4, -0.2) is 30.6 Å². The Bertz CT molecular complexity index is 643. The number of nitriles is 1. The van der Waals surface area contributed by atoms with E-state index in [-0.39, 0.29) is 17.2 Å². The van der Waals surface area contributed by atoms with Gasteiger partial charge in [0.05, 0.1) is 11.6 Å². The van der Waals surface area contributed by atoms with E-state index in [0.29, 0.717) is 0 Å². The van der Waals surface area contributed by atoms with Crippen LogP contribution in [0.3, 0.4) is 0 Å². The van der Waals surface area contributed by atoms with E-state index in [0.717, 1.165) is 6.07 Å². The maximum Gasteiger partial charge on any atom is 0.387 e. The molecule has 130 valence electrons. The quantitative estimate of drug-likeness (QED) is 0.771. The van der Waals surface area contributed by atoms with Crippen LogP contribution in [0.25, 0.3) is 0 Å². The van der Waals surface area contributed by atoms with Gasteiger partial charge in [0.2, 0.25) is 0 Å². The van der Waals surface area contributed by atoms with Crippen LogP contribution < -0.4 is 10.1 Å². The Morgan fingerprint density at radius 2 is 2.04 bits per heavy atom. The average Bonchev–Trinajstić information content (AvgIpc) is 2.51. The molecule has 0 saturated heterocycles. The van der Waals surface area contributed by atoms with E-state index in [2.05, 4.69) is 10.1 Å². The highest BCUT2D eigenvalue weighted by Crippen LogP contribution is 2.17. The lowest BCUT2D eigenvalue weighted by molar-refractivity contribution is -0.125. The fourth-order valence-electron chi connectivity index (χ4n) is 1.64. The molecular formula is C16H18F2N2O4. The minimum atomic E-state index is -3.01. The minimum Gasteiger partial charge on any atom is -0.452 e. The number of hydrogen-bond acceptors (Lipinski definition) is 5.